The molecule has 0 saturated carbocycles. The molecule has 168 valence electrons. The molecule has 0 bridgehead atoms. The van der Waals surface area contributed by atoms with Crippen molar-refractivity contribution in [1.82, 2.24) is 19.7 Å². The fourth-order valence-electron chi connectivity index (χ4n) is 4.13. The molecule has 1 atom stereocenters. The van der Waals surface area contributed by atoms with Crippen molar-refractivity contribution in [2.75, 3.05) is 38.7 Å². The fourth-order valence-corrected chi connectivity index (χ4v) is 5.03. The van der Waals surface area contributed by atoms with E-state index in [9.17, 15) is 4.79 Å². The number of thioether (sulfide) groups is 1. The largest absolute Gasteiger partial charge is 0.376 e. The van der Waals surface area contributed by atoms with Crippen LogP contribution in [-0.4, -0.2) is 65.5 Å². The molecule has 3 heterocycles. The van der Waals surface area contributed by atoms with Crippen LogP contribution in [0.3, 0.4) is 0 Å². The van der Waals surface area contributed by atoms with E-state index in [-0.39, 0.29) is 12.0 Å². The minimum absolute atomic E-state index is 0.0241. The van der Waals surface area contributed by atoms with Gasteiger partial charge in [0, 0.05) is 45.1 Å². The maximum atomic E-state index is 12.1. The van der Waals surface area contributed by atoms with Gasteiger partial charge in [0.15, 0.2) is 5.16 Å². The van der Waals surface area contributed by atoms with Gasteiger partial charge in [-0.05, 0) is 49.3 Å². The zero-order valence-electron chi connectivity index (χ0n) is 18.8. The molecule has 1 unspecified atom stereocenters. The van der Waals surface area contributed by atoms with Gasteiger partial charge in [-0.3, -0.25) is 9.36 Å². The highest BCUT2D eigenvalue weighted by molar-refractivity contribution is 7.98. The highest BCUT2D eigenvalue weighted by Gasteiger charge is 2.26. The molecule has 4 rings (SSSR count). The van der Waals surface area contributed by atoms with Crippen LogP contribution in [0.2, 0.25) is 0 Å². The van der Waals surface area contributed by atoms with Crippen LogP contribution < -0.4 is 4.90 Å². The molecule has 0 N–H and O–H groups in total. The van der Waals surface area contributed by atoms with Gasteiger partial charge in [-0.1, -0.05) is 30.8 Å². The van der Waals surface area contributed by atoms with Gasteiger partial charge in [-0.15, -0.1) is 10.2 Å². The lowest BCUT2D eigenvalue weighted by Gasteiger charge is -2.31. The summed E-state index contributed by atoms with van der Waals surface area (Å²) in [4.78, 5) is 16.1. The number of hydrogen-bond donors (Lipinski definition) is 0. The summed E-state index contributed by atoms with van der Waals surface area (Å²) in [7, 11) is 3.54. The Morgan fingerprint density at radius 3 is 2.55 bits per heavy atom. The van der Waals surface area contributed by atoms with Gasteiger partial charge in [0.2, 0.25) is 5.95 Å². The number of hydrogen-bond acceptors (Lipinski definition) is 6. The average molecular weight is 444 g/mol. The van der Waals surface area contributed by atoms with Crippen LogP contribution in [0, 0.1) is 5.92 Å². The minimum Gasteiger partial charge on any atom is -0.376 e. The summed E-state index contributed by atoms with van der Waals surface area (Å²) in [5, 5.41) is 10.1. The number of piperidine rings is 1. The number of ether oxygens (including phenoxy) is 1. The summed E-state index contributed by atoms with van der Waals surface area (Å²) in [6, 6.07) is 7.85. The molecular formula is C23H33N5O2S. The van der Waals surface area contributed by atoms with Crippen LogP contribution in [0.1, 0.15) is 48.5 Å². The maximum Gasteiger partial charge on any atom is 0.253 e. The molecule has 8 heteroatoms. The van der Waals surface area contributed by atoms with Crippen LogP contribution >= 0.6 is 11.8 Å². The van der Waals surface area contributed by atoms with Crippen LogP contribution in [0.25, 0.3) is 0 Å². The molecule has 2 aliphatic rings. The molecule has 1 amide bonds. The van der Waals surface area contributed by atoms with Crippen LogP contribution in [0.5, 0.6) is 0 Å². The monoisotopic (exact) mass is 443 g/mol. The molecule has 2 fully saturated rings. The van der Waals surface area contributed by atoms with Gasteiger partial charge < -0.3 is 14.5 Å². The Kier molecular flexibility index (Phi) is 7.17. The van der Waals surface area contributed by atoms with Gasteiger partial charge in [-0.2, -0.15) is 0 Å². The predicted molar refractivity (Wildman–Crippen MR) is 124 cm³/mol. The summed E-state index contributed by atoms with van der Waals surface area (Å²) in [5.41, 5.74) is 1.88. The van der Waals surface area contributed by atoms with E-state index in [1.54, 1.807) is 30.8 Å². The molecule has 0 radical (unpaired) electrons. The first-order chi connectivity index (χ1) is 15.0. The van der Waals surface area contributed by atoms with Crippen molar-refractivity contribution >= 4 is 23.6 Å². The Balaban J connectivity index is 1.47. The second-order valence-electron chi connectivity index (χ2n) is 8.88. The second-order valence-corrected chi connectivity index (χ2v) is 9.83. The van der Waals surface area contributed by atoms with E-state index >= 15 is 0 Å². The van der Waals surface area contributed by atoms with E-state index in [2.05, 4.69) is 26.6 Å². The third kappa shape index (κ3) is 5.41. The SMILES string of the molecule is CC1CCN(c2nnc(SCc3ccc(C(=O)N(C)C)cc3)n2CC2CCCO2)CC1. The lowest BCUT2D eigenvalue weighted by molar-refractivity contribution is 0.0827. The van der Waals surface area contributed by atoms with Crippen molar-refractivity contribution in [3.63, 3.8) is 0 Å². The zero-order valence-corrected chi connectivity index (χ0v) is 19.6. The lowest BCUT2D eigenvalue weighted by Crippen LogP contribution is -2.35. The lowest BCUT2D eigenvalue weighted by atomic mass is 10.00. The number of carbonyl (C=O) groups is 1. The molecule has 7 nitrogen and oxygen atoms in total. The van der Waals surface area contributed by atoms with E-state index in [4.69, 9.17) is 4.74 Å². The van der Waals surface area contributed by atoms with Crippen LogP contribution in [0.4, 0.5) is 5.95 Å². The van der Waals surface area contributed by atoms with Crippen molar-refractivity contribution in [2.45, 2.75) is 56.2 Å². The molecular weight excluding hydrogens is 410 g/mol. The maximum absolute atomic E-state index is 12.1. The van der Waals surface area contributed by atoms with E-state index in [1.165, 1.54) is 18.4 Å². The first-order valence-corrected chi connectivity index (χ1v) is 12.2. The third-order valence-corrected chi connectivity index (χ3v) is 7.19. The van der Waals surface area contributed by atoms with Crippen molar-refractivity contribution in [3.05, 3.63) is 35.4 Å². The van der Waals surface area contributed by atoms with Gasteiger partial charge in [0.1, 0.15) is 0 Å². The van der Waals surface area contributed by atoms with Crippen molar-refractivity contribution < 1.29 is 9.53 Å². The minimum atomic E-state index is 0.0241. The molecule has 1 aromatic carbocycles. The number of aromatic nitrogens is 3. The Labute approximate surface area is 189 Å². The quantitative estimate of drug-likeness (QED) is 0.608. The smallest absolute Gasteiger partial charge is 0.253 e. The number of nitrogens with zero attached hydrogens (tertiary/aromatic N) is 5. The first-order valence-electron chi connectivity index (χ1n) is 11.2. The van der Waals surface area contributed by atoms with E-state index < -0.39 is 0 Å². The summed E-state index contributed by atoms with van der Waals surface area (Å²) >= 11 is 1.70. The Morgan fingerprint density at radius 1 is 1.16 bits per heavy atom. The second kappa shape index (κ2) is 10.0. The van der Waals surface area contributed by atoms with Gasteiger partial charge in [-0.25, -0.2) is 0 Å². The van der Waals surface area contributed by atoms with Crippen molar-refractivity contribution in [3.8, 4) is 0 Å². The number of amides is 1. The Bertz CT molecular complexity index is 869. The molecule has 0 spiro atoms. The summed E-state index contributed by atoms with van der Waals surface area (Å²) < 4.78 is 8.18. The van der Waals surface area contributed by atoms with Crippen molar-refractivity contribution in [1.29, 1.82) is 0 Å². The molecule has 31 heavy (non-hydrogen) atoms. The molecule has 1 aromatic heterocycles. The normalized spacial score (nSPS) is 19.7. The predicted octanol–water partition coefficient (Wildman–Crippen LogP) is 3.69. The van der Waals surface area contributed by atoms with Crippen molar-refractivity contribution in [2.24, 2.45) is 5.92 Å². The number of carbonyl (C=O) groups excluding carboxylic acids is 1. The first kappa shape index (κ1) is 22.1. The van der Waals surface area contributed by atoms with Crippen LogP contribution in [0.15, 0.2) is 29.4 Å². The van der Waals surface area contributed by atoms with E-state index in [0.717, 1.165) is 61.9 Å². The number of benzene rings is 1. The fraction of sp³-hybridized carbons (Fsp3) is 0.609. The summed E-state index contributed by atoms with van der Waals surface area (Å²) in [6.45, 7) is 6.07. The van der Waals surface area contributed by atoms with E-state index in [1.807, 2.05) is 24.3 Å². The molecule has 2 aliphatic heterocycles. The number of rotatable bonds is 7. The zero-order chi connectivity index (χ0) is 21.8. The summed E-state index contributed by atoms with van der Waals surface area (Å²) in [6.07, 6.45) is 4.87. The molecule has 0 aliphatic carbocycles. The van der Waals surface area contributed by atoms with Gasteiger partial charge in [0.05, 0.1) is 12.6 Å². The molecule has 2 aromatic rings. The van der Waals surface area contributed by atoms with E-state index in [0.29, 0.717) is 5.56 Å². The third-order valence-electron chi connectivity index (χ3n) is 6.15. The highest BCUT2D eigenvalue weighted by atomic mass is 32.2. The average Bonchev–Trinajstić information content (AvgIpc) is 3.43. The van der Waals surface area contributed by atoms with Crippen LogP contribution in [-0.2, 0) is 17.0 Å². The molecule has 2 saturated heterocycles. The Morgan fingerprint density at radius 2 is 1.90 bits per heavy atom. The number of anilines is 1. The standard InChI is InChI=1S/C23H33N5O2S/c1-17-10-12-27(13-11-17)22-24-25-23(28(22)15-20-5-4-14-30-20)31-16-18-6-8-19(9-7-18)21(29)26(2)3/h6-9,17,20H,4-5,10-16H2,1-3H3. The Hall–Kier alpha value is -2.06. The highest BCUT2D eigenvalue weighted by Crippen LogP contribution is 2.29. The summed E-state index contributed by atoms with van der Waals surface area (Å²) in [5.74, 6) is 2.58. The topological polar surface area (TPSA) is 63.5 Å². The van der Waals surface area contributed by atoms with Gasteiger partial charge >= 0.3 is 0 Å². The van der Waals surface area contributed by atoms with Gasteiger partial charge in [0.25, 0.3) is 5.91 Å².